The molecular formula is C7H11IN2. The number of hydrogen-bond donors (Lipinski definition) is 0. The van der Waals surface area contributed by atoms with Gasteiger partial charge in [0.25, 0.3) is 0 Å². The molecule has 0 N–H and O–H groups in total. The van der Waals surface area contributed by atoms with Crippen molar-refractivity contribution in [3.8, 4) is 0 Å². The summed E-state index contributed by atoms with van der Waals surface area (Å²) in [6, 6.07) is 0. The standard InChI is InChI=1S/C7H11N2.HI/c1-6-4-8-5-7(2)9(6)3;/h4-5H,1-3H3;1H/q+1;/p-1. The summed E-state index contributed by atoms with van der Waals surface area (Å²) in [5.41, 5.74) is 2.38. The molecule has 10 heavy (non-hydrogen) atoms. The highest BCUT2D eigenvalue weighted by molar-refractivity contribution is 4.88. The highest BCUT2D eigenvalue weighted by Crippen LogP contribution is 1.86. The first-order chi connectivity index (χ1) is 4.22. The van der Waals surface area contributed by atoms with Crippen molar-refractivity contribution < 1.29 is 28.5 Å². The van der Waals surface area contributed by atoms with Crippen LogP contribution in [0.3, 0.4) is 0 Å². The third kappa shape index (κ3) is 1.90. The predicted molar refractivity (Wildman–Crippen MR) is 34.9 cm³/mol. The van der Waals surface area contributed by atoms with Crippen LogP contribution in [0.5, 0.6) is 0 Å². The topological polar surface area (TPSA) is 16.8 Å². The fourth-order valence-electron chi connectivity index (χ4n) is 0.704. The van der Waals surface area contributed by atoms with Gasteiger partial charge in [0, 0.05) is 13.8 Å². The molecule has 0 spiro atoms. The molecule has 2 nitrogen and oxygen atoms in total. The van der Waals surface area contributed by atoms with Crippen LogP contribution in [-0.2, 0) is 7.05 Å². The molecular weight excluding hydrogens is 239 g/mol. The molecule has 1 aromatic rings. The van der Waals surface area contributed by atoms with Gasteiger partial charge < -0.3 is 24.0 Å². The molecule has 0 radical (unpaired) electrons. The number of aromatic nitrogens is 2. The van der Waals surface area contributed by atoms with Gasteiger partial charge in [-0.2, -0.15) is 0 Å². The van der Waals surface area contributed by atoms with E-state index >= 15 is 0 Å². The van der Waals surface area contributed by atoms with E-state index in [-0.39, 0.29) is 24.0 Å². The second-order valence-electron chi connectivity index (χ2n) is 2.25. The molecule has 0 aliphatic heterocycles. The van der Waals surface area contributed by atoms with Gasteiger partial charge in [0.2, 0.25) is 0 Å². The lowest BCUT2D eigenvalue weighted by Crippen LogP contribution is -3.00. The Kier molecular flexibility index (Phi) is 3.78. The van der Waals surface area contributed by atoms with Gasteiger partial charge >= 0.3 is 0 Å². The van der Waals surface area contributed by atoms with Crippen LogP contribution in [0.15, 0.2) is 12.4 Å². The number of rotatable bonds is 0. The number of nitrogens with zero attached hydrogens (tertiary/aromatic N) is 2. The quantitative estimate of drug-likeness (QED) is 0.368. The van der Waals surface area contributed by atoms with E-state index in [9.17, 15) is 0 Å². The van der Waals surface area contributed by atoms with Crippen molar-refractivity contribution in [2.75, 3.05) is 0 Å². The molecule has 56 valence electrons. The third-order valence-electron chi connectivity index (χ3n) is 1.58. The first kappa shape index (κ1) is 9.81. The molecule has 0 aliphatic carbocycles. The van der Waals surface area contributed by atoms with Crippen molar-refractivity contribution >= 4 is 0 Å². The second kappa shape index (κ2) is 3.85. The van der Waals surface area contributed by atoms with Crippen molar-refractivity contribution in [3.63, 3.8) is 0 Å². The Balaban J connectivity index is 0.000000810. The maximum Gasteiger partial charge on any atom is 0.196 e. The second-order valence-corrected chi connectivity index (χ2v) is 2.25. The van der Waals surface area contributed by atoms with Gasteiger partial charge in [0.05, 0.1) is 12.4 Å². The van der Waals surface area contributed by atoms with E-state index in [0.717, 1.165) is 0 Å². The molecule has 1 rings (SSSR count). The van der Waals surface area contributed by atoms with Gasteiger partial charge in [-0.3, -0.25) is 4.98 Å². The van der Waals surface area contributed by atoms with Crippen molar-refractivity contribution in [3.05, 3.63) is 23.8 Å². The minimum absolute atomic E-state index is 0. The lowest BCUT2D eigenvalue weighted by Gasteiger charge is -1.93. The molecule has 0 unspecified atom stereocenters. The zero-order chi connectivity index (χ0) is 6.85. The normalized spacial score (nSPS) is 8.70. The van der Waals surface area contributed by atoms with Gasteiger partial charge in [-0.05, 0) is 0 Å². The van der Waals surface area contributed by atoms with Crippen LogP contribution in [0.1, 0.15) is 11.4 Å². The molecule has 0 aromatic carbocycles. The van der Waals surface area contributed by atoms with E-state index in [1.165, 1.54) is 11.4 Å². The predicted octanol–water partition coefficient (Wildman–Crippen LogP) is -2.47. The molecule has 0 fully saturated rings. The highest BCUT2D eigenvalue weighted by atomic mass is 127. The van der Waals surface area contributed by atoms with Crippen LogP contribution in [0.25, 0.3) is 0 Å². The summed E-state index contributed by atoms with van der Waals surface area (Å²) < 4.78 is 2.10. The molecule has 0 aliphatic rings. The average molecular weight is 250 g/mol. The molecule has 0 bridgehead atoms. The number of halogens is 1. The summed E-state index contributed by atoms with van der Waals surface area (Å²) in [7, 11) is 2.03. The summed E-state index contributed by atoms with van der Waals surface area (Å²) in [5, 5.41) is 0. The van der Waals surface area contributed by atoms with E-state index < -0.39 is 0 Å². The Morgan fingerprint density at radius 3 is 1.90 bits per heavy atom. The van der Waals surface area contributed by atoms with Crippen LogP contribution in [0.4, 0.5) is 0 Å². The molecule has 1 aromatic heterocycles. The fourth-order valence-corrected chi connectivity index (χ4v) is 0.704. The van der Waals surface area contributed by atoms with E-state index in [1.807, 2.05) is 33.3 Å². The minimum atomic E-state index is 0. The van der Waals surface area contributed by atoms with Gasteiger partial charge in [-0.15, -0.1) is 0 Å². The summed E-state index contributed by atoms with van der Waals surface area (Å²) in [5.74, 6) is 0. The Morgan fingerprint density at radius 1 is 1.20 bits per heavy atom. The van der Waals surface area contributed by atoms with Crippen LogP contribution in [-0.4, -0.2) is 4.98 Å². The molecule has 0 saturated heterocycles. The number of aryl methyl sites for hydroxylation is 2. The highest BCUT2D eigenvalue weighted by Gasteiger charge is 2.01. The van der Waals surface area contributed by atoms with Crippen LogP contribution in [0, 0.1) is 13.8 Å². The van der Waals surface area contributed by atoms with Crippen molar-refractivity contribution in [1.29, 1.82) is 0 Å². The maximum absolute atomic E-state index is 4.02. The van der Waals surface area contributed by atoms with Crippen molar-refractivity contribution in [2.45, 2.75) is 13.8 Å². The van der Waals surface area contributed by atoms with E-state index in [4.69, 9.17) is 0 Å². The molecule has 0 atom stereocenters. The Labute approximate surface area is 78.3 Å². The molecule has 0 saturated carbocycles. The Morgan fingerprint density at radius 2 is 1.60 bits per heavy atom. The summed E-state index contributed by atoms with van der Waals surface area (Å²) in [4.78, 5) is 4.02. The Bertz CT molecular complexity index is 203. The van der Waals surface area contributed by atoms with E-state index in [1.54, 1.807) is 0 Å². The van der Waals surface area contributed by atoms with Gasteiger partial charge in [-0.1, -0.05) is 0 Å². The third-order valence-corrected chi connectivity index (χ3v) is 1.58. The van der Waals surface area contributed by atoms with Crippen LogP contribution in [0.2, 0.25) is 0 Å². The average Bonchev–Trinajstić information content (AvgIpc) is 1.83. The summed E-state index contributed by atoms with van der Waals surface area (Å²) >= 11 is 0. The lowest BCUT2D eigenvalue weighted by atomic mass is 10.4. The summed E-state index contributed by atoms with van der Waals surface area (Å²) in [6.07, 6.45) is 3.71. The number of hydrogen-bond acceptors (Lipinski definition) is 1. The van der Waals surface area contributed by atoms with E-state index in [2.05, 4.69) is 9.55 Å². The maximum atomic E-state index is 4.02. The molecule has 3 heteroatoms. The van der Waals surface area contributed by atoms with Crippen molar-refractivity contribution in [1.82, 2.24) is 4.98 Å². The first-order valence-electron chi connectivity index (χ1n) is 2.99. The Hall–Kier alpha value is -0.190. The van der Waals surface area contributed by atoms with Crippen LogP contribution >= 0.6 is 0 Å². The van der Waals surface area contributed by atoms with Gasteiger partial charge in [0.1, 0.15) is 7.05 Å². The largest absolute Gasteiger partial charge is 1.00 e. The molecule has 0 amide bonds. The fraction of sp³-hybridized carbons (Fsp3) is 0.429. The van der Waals surface area contributed by atoms with Gasteiger partial charge in [0.15, 0.2) is 11.4 Å². The zero-order valence-electron chi connectivity index (χ0n) is 6.43. The van der Waals surface area contributed by atoms with Gasteiger partial charge in [-0.25, -0.2) is 4.57 Å². The monoisotopic (exact) mass is 250 g/mol. The smallest absolute Gasteiger partial charge is 0.196 e. The zero-order valence-corrected chi connectivity index (χ0v) is 8.58. The van der Waals surface area contributed by atoms with Crippen LogP contribution < -0.4 is 28.5 Å². The van der Waals surface area contributed by atoms with E-state index in [0.29, 0.717) is 0 Å². The van der Waals surface area contributed by atoms with Crippen molar-refractivity contribution in [2.24, 2.45) is 7.05 Å². The summed E-state index contributed by atoms with van der Waals surface area (Å²) in [6.45, 7) is 4.08. The SMILES string of the molecule is Cc1cncc(C)[n+]1C.[I-]. The first-order valence-corrected chi connectivity index (χ1v) is 2.99. The minimum Gasteiger partial charge on any atom is -1.00 e. The lowest BCUT2D eigenvalue weighted by molar-refractivity contribution is -0.684. The molecule has 1 heterocycles.